The lowest BCUT2D eigenvalue weighted by atomic mass is 10.1. The van der Waals surface area contributed by atoms with Gasteiger partial charge in [-0.1, -0.05) is 17.7 Å². The monoisotopic (exact) mass is 235 g/mol. The smallest absolute Gasteiger partial charge is 0.326 e. The molecule has 76 valence electrons. The molecular formula is C8H7Cl2NO3. The van der Waals surface area contributed by atoms with Crippen LogP contribution >= 0.6 is 23.4 Å². The van der Waals surface area contributed by atoms with E-state index in [1.165, 1.54) is 18.2 Å². The zero-order valence-electron chi connectivity index (χ0n) is 6.87. The number of carboxylic acids is 1. The molecule has 0 aliphatic rings. The molecule has 0 saturated heterocycles. The van der Waals surface area contributed by atoms with E-state index < -0.39 is 12.0 Å². The molecule has 0 aliphatic heterocycles. The minimum atomic E-state index is -1.12. The zero-order valence-corrected chi connectivity index (χ0v) is 8.38. The number of hydrogen-bond donors (Lipinski definition) is 3. The quantitative estimate of drug-likeness (QED) is 0.701. The van der Waals surface area contributed by atoms with E-state index in [0.29, 0.717) is 5.56 Å². The van der Waals surface area contributed by atoms with E-state index in [9.17, 15) is 4.79 Å². The Bertz CT molecular complexity index is 356. The number of halogens is 2. The van der Waals surface area contributed by atoms with Crippen molar-refractivity contribution in [1.29, 1.82) is 0 Å². The first-order chi connectivity index (χ1) is 6.56. The number of carboxylic acid groups (broad SMARTS) is 1. The van der Waals surface area contributed by atoms with E-state index in [0.717, 1.165) is 0 Å². The highest BCUT2D eigenvalue weighted by atomic mass is 35.5. The van der Waals surface area contributed by atoms with Gasteiger partial charge in [0.25, 0.3) is 0 Å². The number of phenolic OH excluding ortho intramolecular Hbond substituents is 1. The Hall–Kier alpha value is -0.970. The second-order valence-electron chi connectivity index (χ2n) is 2.59. The van der Waals surface area contributed by atoms with Gasteiger partial charge in [0, 0.05) is 0 Å². The molecule has 4 nitrogen and oxygen atoms in total. The number of nitrogens with one attached hydrogen (secondary N) is 1. The van der Waals surface area contributed by atoms with E-state index in [1.807, 2.05) is 0 Å². The van der Waals surface area contributed by atoms with Crippen molar-refractivity contribution in [2.24, 2.45) is 0 Å². The van der Waals surface area contributed by atoms with Crippen molar-refractivity contribution in [2.75, 3.05) is 0 Å². The van der Waals surface area contributed by atoms with Gasteiger partial charge in [0.2, 0.25) is 0 Å². The van der Waals surface area contributed by atoms with E-state index >= 15 is 0 Å². The molecule has 1 aromatic carbocycles. The van der Waals surface area contributed by atoms with Crippen LogP contribution in [0.5, 0.6) is 5.75 Å². The Morgan fingerprint density at radius 1 is 1.50 bits per heavy atom. The molecule has 0 radical (unpaired) electrons. The van der Waals surface area contributed by atoms with E-state index in [4.69, 9.17) is 33.6 Å². The zero-order chi connectivity index (χ0) is 10.7. The minimum Gasteiger partial charge on any atom is -0.506 e. The molecule has 0 bridgehead atoms. The lowest BCUT2D eigenvalue weighted by molar-refractivity contribution is -0.139. The SMILES string of the molecule is O=C(O)[C@@H](NCl)c1ccc(O)c(Cl)c1. The summed E-state index contributed by atoms with van der Waals surface area (Å²) in [4.78, 5) is 12.8. The summed E-state index contributed by atoms with van der Waals surface area (Å²) in [5.41, 5.74) is 0.371. The van der Waals surface area contributed by atoms with Crippen molar-refractivity contribution in [3.8, 4) is 5.75 Å². The number of benzene rings is 1. The highest BCUT2D eigenvalue weighted by molar-refractivity contribution is 6.32. The maximum atomic E-state index is 10.7. The largest absolute Gasteiger partial charge is 0.506 e. The Kier molecular flexibility index (Phi) is 3.57. The van der Waals surface area contributed by atoms with Crippen LogP contribution in [0.3, 0.4) is 0 Å². The summed E-state index contributed by atoms with van der Waals surface area (Å²) in [5, 5.41) is 17.9. The van der Waals surface area contributed by atoms with Crippen LogP contribution in [0.4, 0.5) is 0 Å². The Balaban J connectivity index is 3.06. The van der Waals surface area contributed by atoms with Gasteiger partial charge in [-0.25, -0.2) is 4.84 Å². The van der Waals surface area contributed by atoms with Crippen LogP contribution in [0, 0.1) is 0 Å². The normalized spacial score (nSPS) is 12.4. The van der Waals surface area contributed by atoms with E-state index in [1.54, 1.807) is 0 Å². The third-order valence-electron chi connectivity index (χ3n) is 1.66. The first-order valence-corrected chi connectivity index (χ1v) is 4.39. The average molecular weight is 236 g/mol. The van der Waals surface area contributed by atoms with Crippen molar-refractivity contribution in [1.82, 2.24) is 4.84 Å². The van der Waals surface area contributed by atoms with Gasteiger partial charge in [-0.2, -0.15) is 0 Å². The average Bonchev–Trinajstić information content (AvgIpc) is 2.11. The fraction of sp³-hybridized carbons (Fsp3) is 0.125. The second kappa shape index (κ2) is 4.50. The number of rotatable bonds is 3. The number of carbonyl (C=O) groups is 1. The predicted octanol–water partition coefficient (Wildman–Crippen LogP) is 1.91. The molecule has 14 heavy (non-hydrogen) atoms. The number of hydrogen-bond acceptors (Lipinski definition) is 3. The topological polar surface area (TPSA) is 69.6 Å². The highest BCUT2D eigenvalue weighted by Crippen LogP contribution is 2.26. The van der Waals surface area contributed by atoms with Gasteiger partial charge in [-0.15, -0.1) is 0 Å². The molecule has 0 saturated carbocycles. The summed E-state index contributed by atoms with van der Waals surface area (Å²) in [6.07, 6.45) is 0. The Morgan fingerprint density at radius 2 is 2.14 bits per heavy atom. The maximum Gasteiger partial charge on any atom is 0.326 e. The number of phenols is 1. The minimum absolute atomic E-state index is 0.0840. The third-order valence-corrected chi connectivity index (χ3v) is 2.18. The molecule has 6 heteroatoms. The van der Waals surface area contributed by atoms with Crippen LogP contribution in [0.2, 0.25) is 5.02 Å². The van der Waals surface area contributed by atoms with Crippen LogP contribution in [0.1, 0.15) is 11.6 Å². The van der Waals surface area contributed by atoms with Crippen molar-refractivity contribution in [3.63, 3.8) is 0 Å². The number of aliphatic carboxylic acids is 1. The standard InChI is InChI=1S/C8H7Cl2NO3/c9-5-3-4(1-2-6(5)12)7(11-10)8(13)14/h1-3,7,11-12H,(H,13,14)/t7-/m0/s1. The van der Waals surface area contributed by atoms with Crippen molar-refractivity contribution in [3.05, 3.63) is 28.8 Å². The van der Waals surface area contributed by atoms with Gasteiger partial charge < -0.3 is 10.2 Å². The molecule has 3 N–H and O–H groups in total. The Labute approximate surface area is 90.2 Å². The van der Waals surface area contributed by atoms with Crippen molar-refractivity contribution in [2.45, 2.75) is 6.04 Å². The van der Waals surface area contributed by atoms with Gasteiger partial charge in [-0.3, -0.25) is 4.79 Å². The van der Waals surface area contributed by atoms with Gasteiger partial charge >= 0.3 is 5.97 Å². The summed E-state index contributed by atoms with van der Waals surface area (Å²) in [6.45, 7) is 0. The van der Waals surface area contributed by atoms with Gasteiger partial charge in [0.05, 0.1) is 5.02 Å². The fourth-order valence-corrected chi connectivity index (χ4v) is 1.36. The molecule has 0 aromatic heterocycles. The summed E-state index contributed by atoms with van der Waals surface area (Å²) >= 11 is 10.9. The van der Waals surface area contributed by atoms with Gasteiger partial charge in [0.1, 0.15) is 11.8 Å². The van der Waals surface area contributed by atoms with E-state index in [2.05, 4.69) is 4.84 Å². The molecule has 0 amide bonds. The maximum absolute atomic E-state index is 10.7. The van der Waals surface area contributed by atoms with Crippen LogP contribution in [-0.2, 0) is 4.79 Å². The van der Waals surface area contributed by atoms with Crippen LogP contribution in [0.15, 0.2) is 18.2 Å². The molecule has 0 spiro atoms. The summed E-state index contributed by atoms with van der Waals surface area (Å²) < 4.78 is 0. The lowest BCUT2D eigenvalue weighted by Crippen LogP contribution is -2.21. The second-order valence-corrected chi connectivity index (χ2v) is 3.22. The Morgan fingerprint density at radius 3 is 2.57 bits per heavy atom. The molecule has 0 heterocycles. The van der Waals surface area contributed by atoms with Gasteiger partial charge in [-0.05, 0) is 29.5 Å². The molecule has 0 unspecified atom stereocenters. The molecule has 0 fully saturated rings. The summed E-state index contributed by atoms with van der Waals surface area (Å²) in [6, 6.07) is 3.03. The fourth-order valence-electron chi connectivity index (χ4n) is 0.955. The molecule has 1 rings (SSSR count). The third kappa shape index (κ3) is 2.29. The van der Waals surface area contributed by atoms with Crippen LogP contribution in [-0.4, -0.2) is 16.2 Å². The number of aromatic hydroxyl groups is 1. The molecular weight excluding hydrogens is 229 g/mol. The predicted molar refractivity (Wildman–Crippen MR) is 52.5 cm³/mol. The van der Waals surface area contributed by atoms with Crippen LogP contribution < -0.4 is 4.84 Å². The lowest BCUT2D eigenvalue weighted by Gasteiger charge is -2.10. The van der Waals surface area contributed by atoms with E-state index in [-0.39, 0.29) is 10.8 Å². The highest BCUT2D eigenvalue weighted by Gasteiger charge is 2.19. The first-order valence-electron chi connectivity index (χ1n) is 3.63. The van der Waals surface area contributed by atoms with Gasteiger partial charge in [0.15, 0.2) is 0 Å². The first kappa shape index (κ1) is 11.1. The molecule has 1 aromatic rings. The van der Waals surface area contributed by atoms with Crippen molar-refractivity contribution >= 4 is 29.3 Å². The molecule has 0 aliphatic carbocycles. The molecule has 1 atom stereocenters. The summed E-state index contributed by atoms with van der Waals surface area (Å²) in [5.74, 6) is -1.23. The van der Waals surface area contributed by atoms with Crippen LogP contribution in [0.25, 0.3) is 0 Å². The summed E-state index contributed by atoms with van der Waals surface area (Å²) in [7, 11) is 0. The van der Waals surface area contributed by atoms with Crippen molar-refractivity contribution < 1.29 is 15.0 Å².